The second kappa shape index (κ2) is 6.44. The first-order valence-electron chi connectivity index (χ1n) is 7.87. The predicted octanol–water partition coefficient (Wildman–Crippen LogP) is 3.42. The average Bonchev–Trinajstić information content (AvgIpc) is 2.55. The summed E-state index contributed by atoms with van der Waals surface area (Å²) in [6.07, 6.45) is 0. The average molecular weight is 299 g/mol. The zero-order valence-electron chi connectivity index (χ0n) is 13.1. The van der Waals surface area contributed by atoms with Gasteiger partial charge in [0.25, 0.3) is 0 Å². The molecule has 2 aromatic rings. The first-order valence-corrected chi connectivity index (χ1v) is 7.87. The molecular formula is C18H22FN3. The van der Waals surface area contributed by atoms with Crippen molar-refractivity contribution in [2.45, 2.75) is 19.8 Å². The van der Waals surface area contributed by atoms with E-state index in [1.807, 2.05) is 24.3 Å². The molecule has 0 bridgehead atoms. The summed E-state index contributed by atoms with van der Waals surface area (Å²) >= 11 is 0. The smallest absolute Gasteiger partial charge is 0.129 e. The normalized spacial score (nSPS) is 15.4. The third-order valence-electron chi connectivity index (χ3n) is 4.09. The van der Waals surface area contributed by atoms with Crippen molar-refractivity contribution in [1.29, 1.82) is 0 Å². The molecule has 1 N–H and O–H groups in total. The Morgan fingerprint density at radius 3 is 2.64 bits per heavy atom. The van der Waals surface area contributed by atoms with Crippen LogP contribution in [0, 0.1) is 5.82 Å². The van der Waals surface area contributed by atoms with Gasteiger partial charge in [-0.25, -0.2) is 9.37 Å². The van der Waals surface area contributed by atoms with Crippen LogP contribution in [0.1, 0.15) is 25.3 Å². The molecule has 0 unspecified atom stereocenters. The Kier molecular flexibility index (Phi) is 4.39. The summed E-state index contributed by atoms with van der Waals surface area (Å²) in [6, 6.07) is 11.0. The van der Waals surface area contributed by atoms with Gasteiger partial charge in [-0.1, -0.05) is 26.0 Å². The van der Waals surface area contributed by atoms with Crippen LogP contribution in [0.25, 0.3) is 11.3 Å². The summed E-state index contributed by atoms with van der Waals surface area (Å²) in [5.74, 6) is 1.09. The number of piperazine rings is 1. The Morgan fingerprint density at radius 2 is 1.91 bits per heavy atom. The number of hydrogen-bond donors (Lipinski definition) is 1. The second-order valence-corrected chi connectivity index (χ2v) is 6.00. The molecule has 0 radical (unpaired) electrons. The lowest BCUT2D eigenvalue weighted by Crippen LogP contribution is -2.43. The van der Waals surface area contributed by atoms with Gasteiger partial charge in [0.05, 0.1) is 5.69 Å². The minimum absolute atomic E-state index is 0.214. The van der Waals surface area contributed by atoms with Crippen molar-refractivity contribution in [3.05, 3.63) is 47.8 Å². The molecule has 0 aliphatic carbocycles. The lowest BCUT2D eigenvalue weighted by Gasteiger charge is -2.28. The van der Waals surface area contributed by atoms with Crippen LogP contribution in [-0.2, 0) is 0 Å². The molecule has 1 aromatic heterocycles. The van der Waals surface area contributed by atoms with E-state index >= 15 is 0 Å². The lowest BCUT2D eigenvalue weighted by atomic mass is 9.95. The predicted molar refractivity (Wildman–Crippen MR) is 88.8 cm³/mol. The van der Waals surface area contributed by atoms with Gasteiger partial charge in [0.2, 0.25) is 0 Å². The van der Waals surface area contributed by atoms with Gasteiger partial charge in [0.1, 0.15) is 11.6 Å². The largest absolute Gasteiger partial charge is 0.354 e. The number of nitrogens with one attached hydrogen (secondary N) is 1. The van der Waals surface area contributed by atoms with Crippen LogP contribution >= 0.6 is 0 Å². The van der Waals surface area contributed by atoms with Crippen LogP contribution in [0.5, 0.6) is 0 Å². The zero-order chi connectivity index (χ0) is 15.5. The number of rotatable bonds is 3. The molecule has 0 amide bonds. The number of anilines is 1. The molecular weight excluding hydrogens is 277 g/mol. The molecule has 4 heteroatoms. The number of halogens is 1. The maximum absolute atomic E-state index is 13.7. The molecule has 116 valence electrons. The number of hydrogen-bond acceptors (Lipinski definition) is 3. The first kappa shape index (κ1) is 15.0. The highest BCUT2D eigenvalue weighted by atomic mass is 19.1. The Morgan fingerprint density at radius 1 is 1.14 bits per heavy atom. The SMILES string of the molecule is CC(C)c1ccc(F)cc1-c1cccc(N2CCNCC2)n1. The fraction of sp³-hybridized carbons (Fsp3) is 0.389. The van der Waals surface area contributed by atoms with E-state index < -0.39 is 0 Å². The molecule has 3 nitrogen and oxygen atoms in total. The second-order valence-electron chi connectivity index (χ2n) is 6.00. The summed E-state index contributed by atoms with van der Waals surface area (Å²) in [6.45, 7) is 8.10. The van der Waals surface area contributed by atoms with Gasteiger partial charge >= 0.3 is 0 Å². The Bertz CT molecular complexity index is 649. The van der Waals surface area contributed by atoms with E-state index in [0.29, 0.717) is 5.92 Å². The van der Waals surface area contributed by atoms with E-state index in [0.717, 1.165) is 48.8 Å². The number of benzene rings is 1. The van der Waals surface area contributed by atoms with Crippen molar-refractivity contribution in [2.75, 3.05) is 31.1 Å². The van der Waals surface area contributed by atoms with Gasteiger partial charge in [-0.3, -0.25) is 0 Å². The molecule has 1 saturated heterocycles. The summed E-state index contributed by atoms with van der Waals surface area (Å²) in [5, 5.41) is 3.34. The van der Waals surface area contributed by atoms with Crippen LogP contribution in [0.3, 0.4) is 0 Å². The number of pyridine rings is 1. The van der Waals surface area contributed by atoms with Gasteiger partial charge in [0, 0.05) is 31.7 Å². The molecule has 1 aliphatic heterocycles. The summed E-state index contributed by atoms with van der Waals surface area (Å²) in [4.78, 5) is 7.05. The van der Waals surface area contributed by atoms with E-state index in [1.165, 1.54) is 6.07 Å². The maximum Gasteiger partial charge on any atom is 0.129 e. The van der Waals surface area contributed by atoms with Crippen molar-refractivity contribution in [2.24, 2.45) is 0 Å². The number of aromatic nitrogens is 1. The summed E-state index contributed by atoms with van der Waals surface area (Å²) in [7, 11) is 0. The Hall–Kier alpha value is -1.94. The lowest BCUT2D eigenvalue weighted by molar-refractivity contribution is 0.585. The standard InChI is InChI=1S/C18H22FN3/c1-13(2)15-7-6-14(19)12-16(15)17-4-3-5-18(21-17)22-10-8-20-9-11-22/h3-7,12-13,20H,8-11H2,1-2H3. The van der Waals surface area contributed by atoms with E-state index in [4.69, 9.17) is 4.98 Å². The van der Waals surface area contributed by atoms with Crippen LogP contribution in [0.15, 0.2) is 36.4 Å². The molecule has 0 spiro atoms. The van der Waals surface area contributed by atoms with E-state index in [-0.39, 0.29) is 5.82 Å². The highest BCUT2D eigenvalue weighted by Crippen LogP contribution is 2.30. The van der Waals surface area contributed by atoms with E-state index in [9.17, 15) is 4.39 Å². The maximum atomic E-state index is 13.7. The van der Waals surface area contributed by atoms with Crippen LogP contribution in [-0.4, -0.2) is 31.2 Å². The molecule has 0 saturated carbocycles. The molecule has 2 heterocycles. The third kappa shape index (κ3) is 3.12. The van der Waals surface area contributed by atoms with Gasteiger partial charge in [-0.05, 0) is 35.7 Å². The van der Waals surface area contributed by atoms with E-state index in [1.54, 1.807) is 6.07 Å². The van der Waals surface area contributed by atoms with Crippen LogP contribution in [0.4, 0.5) is 10.2 Å². The Balaban J connectivity index is 2.00. The van der Waals surface area contributed by atoms with Crippen LogP contribution in [0.2, 0.25) is 0 Å². The quantitative estimate of drug-likeness (QED) is 0.941. The molecule has 1 aromatic carbocycles. The van der Waals surface area contributed by atoms with Crippen molar-refractivity contribution >= 4 is 5.82 Å². The van der Waals surface area contributed by atoms with Gasteiger partial charge in [-0.15, -0.1) is 0 Å². The topological polar surface area (TPSA) is 28.2 Å². The van der Waals surface area contributed by atoms with Crippen molar-refractivity contribution < 1.29 is 4.39 Å². The van der Waals surface area contributed by atoms with Gasteiger partial charge < -0.3 is 10.2 Å². The molecule has 1 aliphatic rings. The molecule has 3 rings (SSSR count). The zero-order valence-corrected chi connectivity index (χ0v) is 13.1. The third-order valence-corrected chi connectivity index (χ3v) is 4.09. The van der Waals surface area contributed by atoms with Crippen LogP contribution < -0.4 is 10.2 Å². The Labute approximate surface area is 131 Å². The minimum atomic E-state index is -0.214. The fourth-order valence-electron chi connectivity index (χ4n) is 2.90. The molecule has 0 atom stereocenters. The highest BCUT2D eigenvalue weighted by Gasteiger charge is 2.15. The first-order chi connectivity index (χ1) is 10.6. The van der Waals surface area contributed by atoms with Gasteiger partial charge in [-0.2, -0.15) is 0 Å². The van der Waals surface area contributed by atoms with E-state index in [2.05, 4.69) is 24.1 Å². The fourth-order valence-corrected chi connectivity index (χ4v) is 2.90. The number of nitrogens with zero attached hydrogens (tertiary/aromatic N) is 2. The molecule has 22 heavy (non-hydrogen) atoms. The van der Waals surface area contributed by atoms with Crippen molar-refractivity contribution in [3.63, 3.8) is 0 Å². The highest BCUT2D eigenvalue weighted by molar-refractivity contribution is 5.66. The van der Waals surface area contributed by atoms with Gasteiger partial charge in [0.15, 0.2) is 0 Å². The van der Waals surface area contributed by atoms with Crippen molar-refractivity contribution in [1.82, 2.24) is 10.3 Å². The minimum Gasteiger partial charge on any atom is -0.354 e. The molecule has 1 fully saturated rings. The monoisotopic (exact) mass is 299 g/mol. The summed E-state index contributed by atoms with van der Waals surface area (Å²) in [5.41, 5.74) is 2.87. The van der Waals surface area contributed by atoms with Crippen molar-refractivity contribution in [3.8, 4) is 11.3 Å². The summed E-state index contributed by atoms with van der Waals surface area (Å²) < 4.78 is 13.7.